The van der Waals surface area contributed by atoms with Gasteiger partial charge in [0.25, 0.3) is 0 Å². The molecule has 0 saturated heterocycles. The molecule has 146 valence electrons. The van der Waals surface area contributed by atoms with Gasteiger partial charge in [-0.3, -0.25) is 4.79 Å². The minimum atomic E-state index is -1.25. The number of hydrogen-bond donors (Lipinski definition) is 4. The normalized spacial score (nSPS) is 15.1. The van der Waals surface area contributed by atoms with Gasteiger partial charge in [-0.05, 0) is 33.1 Å². The highest BCUT2D eigenvalue weighted by atomic mass is 16.4. The maximum Gasteiger partial charge on any atom is 0.309 e. The van der Waals surface area contributed by atoms with Crippen molar-refractivity contribution in [1.82, 2.24) is 0 Å². The van der Waals surface area contributed by atoms with E-state index in [1.807, 2.05) is 0 Å². The largest absolute Gasteiger partial charge is 0.481 e. The molecular weight excluding hydrogens is 320 g/mol. The molecule has 0 aliphatic rings. The second-order valence-corrected chi connectivity index (χ2v) is 7.42. The van der Waals surface area contributed by atoms with Crippen LogP contribution in [0.4, 0.5) is 0 Å². The van der Waals surface area contributed by atoms with Crippen molar-refractivity contribution >= 4 is 5.97 Å². The highest BCUT2D eigenvalue weighted by molar-refractivity contribution is 5.73. The summed E-state index contributed by atoms with van der Waals surface area (Å²) in [5, 5.41) is 38.6. The van der Waals surface area contributed by atoms with Gasteiger partial charge in [-0.25, -0.2) is 0 Å². The van der Waals surface area contributed by atoms with Gasteiger partial charge in [-0.2, -0.15) is 0 Å². The van der Waals surface area contributed by atoms with Gasteiger partial charge < -0.3 is 20.4 Å². The first-order chi connectivity index (χ1) is 11.7. The molecule has 0 aromatic carbocycles. The number of carboxylic acid groups (broad SMARTS) is 1. The number of hydrogen-bond acceptors (Lipinski definition) is 4. The topological polar surface area (TPSA) is 98.0 Å². The second-order valence-electron chi connectivity index (χ2n) is 7.42. The smallest absolute Gasteiger partial charge is 0.309 e. The summed E-state index contributed by atoms with van der Waals surface area (Å²) in [7, 11) is 0. The second kappa shape index (κ2) is 13.2. The Balaban J connectivity index is 3.90. The van der Waals surface area contributed by atoms with E-state index in [1.165, 1.54) is 0 Å². The van der Waals surface area contributed by atoms with Gasteiger partial charge in [0.15, 0.2) is 0 Å². The lowest BCUT2D eigenvalue weighted by atomic mass is 9.87. The van der Waals surface area contributed by atoms with E-state index in [-0.39, 0.29) is 0 Å². The Morgan fingerprint density at radius 1 is 1.00 bits per heavy atom. The van der Waals surface area contributed by atoms with Crippen LogP contribution in [0.2, 0.25) is 0 Å². The molecule has 3 unspecified atom stereocenters. The highest BCUT2D eigenvalue weighted by Crippen LogP contribution is 2.24. The molecule has 0 aromatic heterocycles. The Hall–Kier alpha value is -1.09. The van der Waals surface area contributed by atoms with Gasteiger partial charge in [0.1, 0.15) is 12.2 Å². The van der Waals surface area contributed by atoms with Gasteiger partial charge in [0.2, 0.25) is 0 Å². The molecule has 0 spiro atoms. The quantitative estimate of drug-likeness (QED) is 0.300. The molecule has 5 heteroatoms. The zero-order valence-electron chi connectivity index (χ0n) is 16.0. The molecule has 0 saturated carbocycles. The predicted octanol–water partition coefficient (Wildman–Crippen LogP) is 3.10. The molecule has 0 fully saturated rings. The Morgan fingerprint density at radius 3 is 2.24 bits per heavy atom. The number of carboxylic acids is 1. The van der Waals surface area contributed by atoms with E-state index in [2.05, 4.69) is 18.8 Å². The van der Waals surface area contributed by atoms with Crippen LogP contribution in [0.1, 0.15) is 85.0 Å². The summed E-state index contributed by atoms with van der Waals surface area (Å²) in [5.74, 6) is 4.66. The lowest BCUT2D eigenvalue weighted by molar-refractivity contribution is -0.147. The summed E-state index contributed by atoms with van der Waals surface area (Å²) >= 11 is 0. The summed E-state index contributed by atoms with van der Waals surface area (Å²) in [6.45, 7) is 5.55. The first-order valence-electron chi connectivity index (χ1n) is 9.48. The van der Waals surface area contributed by atoms with Gasteiger partial charge >= 0.3 is 5.97 Å². The van der Waals surface area contributed by atoms with Crippen LogP contribution < -0.4 is 0 Å². The first kappa shape index (κ1) is 23.9. The number of carbonyl (C=O) groups is 1. The molecule has 0 rings (SSSR count). The maximum atomic E-state index is 11.0. The summed E-state index contributed by atoms with van der Waals surface area (Å²) < 4.78 is 0. The Morgan fingerprint density at radius 2 is 1.64 bits per heavy atom. The third-order valence-electron chi connectivity index (χ3n) is 4.50. The molecular formula is C20H36O5. The van der Waals surface area contributed by atoms with Crippen molar-refractivity contribution < 1.29 is 25.2 Å². The number of rotatable bonds is 13. The van der Waals surface area contributed by atoms with Gasteiger partial charge in [-0.1, -0.05) is 51.4 Å². The van der Waals surface area contributed by atoms with Crippen LogP contribution in [0.5, 0.6) is 0 Å². The summed E-state index contributed by atoms with van der Waals surface area (Å²) in [6.07, 6.45) is 4.75. The monoisotopic (exact) mass is 356 g/mol. The van der Waals surface area contributed by atoms with Crippen molar-refractivity contribution in [3.05, 3.63) is 0 Å². The summed E-state index contributed by atoms with van der Waals surface area (Å²) in [4.78, 5) is 11.0. The fourth-order valence-corrected chi connectivity index (χ4v) is 2.49. The van der Waals surface area contributed by atoms with Gasteiger partial charge in [-0.15, -0.1) is 5.92 Å². The minimum Gasteiger partial charge on any atom is -0.481 e. The average molecular weight is 357 g/mol. The molecule has 0 amide bonds. The van der Waals surface area contributed by atoms with E-state index in [0.717, 1.165) is 44.9 Å². The molecule has 25 heavy (non-hydrogen) atoms. The Kier molecular flexibility index (Phi) is 12.6. The molecule has 0 aliphatic heterocycles. The van der Waals surface area contributed by atoms with Crippen LogP contribution in [0.15, 0.2) is 0 Å². The number of aliphatic carboxylic acids is 1. The molecule has 5 nitrogen and oxygen atoms in total. The van der Waals surface area contributed by atoms with Gasteiger partial charge in [0, 0.05) is 6.42 Å². The number of aliphatic hydroxyl groups is 3. The third-order valence-corrected chi connectivity index (χ3v) is 4.50. The van der Waals surface area contributed by atoms with Crippen molar-refractivity contribution in [2.24, 2.45) is 5.41 Å². The van der Waals surface area contributed by atoms with Crippen molar-refractivity contribution in [1.29, 1.82) is 0 Å². The highest BCUT2D eigenvalue weighted by Gasteiger charge is 2.26. The van der Waals surface area contributed by atoms with Crippen LogP contribution in [0.25, 0.3) is 0 Å². The number of unbranched alkanes of at least 4 members (excludes halogenated alkanes) is 6. The molecule has 0 heterocycles. The van der Waals surface area contributed by atoms with Crippen LogP contribution >= 0.6 is 0 Å². The van der Waals surface area contributed by atoms with E-state index in [4.69, 9.17) is 5.11 Å². The molecule has 0 radical (unpaired) electrons. The molecule has 4 N–H and O–H groups in total. The fraction of sp³-hybridized carbons (Fsp3) is 0.850. The maximum absolute atomic E-state index is 11.0. The standard InChI is InChI=1S/C20H36O5/c1-4-5-6-7-10-13-16(21)18(23)17(22)14-11-8-9-12-15-20(2,3)19(24)25/h16-18,21-23H,4-9,11-12,14-15H2,1-3H3,(H,24,25). The Labute approximate surface area is 152 Å². The SMILES string of the molecule is CCCCCC#CC(O)C(O)C(O)CCCCCCC(C)(C)C(=O)O. The van der Waals surface area contributed by atoms with Crippen LogP contribution in [-0.2, 0) is 4.79 Å². The van der Waals surface area contributed by atoms with Crippen molar-refractivity contribution in [2.45, 2.75) is 103 Å². The lowest BCUT2D eigenvalue weighted by Crippen LogP contribution is -2.36. The molecule has 0 aliphatic carbocycles. The third kappa shape index (κ3) is 11.2. The summed E-state index contributed by atoms with van der Waals surface area (Å²) in [5.41, 5.74) is -0.699. The molecule has 0 aromatic rings. The minimum absolute atomic E-state index is 0.401. The first-order valence-corrected chi connectivity index (χ1v) is 9.48. The van der Waals surface area contributed by atoms with Crippen LogP contribution in [0.3, 0.4) is 0 Å². The van der Waals surface area contributed by atoms with Crippen molar-refractivity contribution in [2.75, 3.05) is 0 Å². The van der Waals surface area contributed by atoms with E-state index >= 15 is 0 Å². The van der Waals surface area contributed by atoms with E-state index in [0.29, 0.717) is 19.3 Å². The van der Waals surface area contributed by atoms with E-state index in [9.17, 15) is 20.1 Å². The van der Waals surface area contributed by atoms with Crippen LogP contribution in [-0.4, -0.2) is 44.7 Å². The Bertz CT molecular complexity index is 422. The number of aliphatic hydroxyl groups excluding tert-OH is 3. The van der Waals surface area contributed by atoms with Crippen molar-refractivity contribution in [3.63, 3.8) is 0 Å². The predicted molar refractivity (Wildman–Crippen MR) is 99.1 cm³/mol. The van der Waals surface area contributed by atoms with Gasteiger partial charge in [0.05, 0.1) is 11.5 Å². The lowest BCUT2D eigenvalue weighted by Gasteiger charge is -2.20. The summed E-state index contributed by atoms with van der Waals surface area (Å²) in [6, 6.07) is 0. The van der Waals surface area contributed by atoms with E-state index in [1.54, 1.807) is 13.8 Å². The zero-order valence-corrected chi connectivity index (χ0v) is 16.0. The van der Waals surface area contributed by atoms with Crippen LogP contribution in [0, 0.1) is 17.3 Å². The molecule has 0 bridgehead atoms. The van der Waals surface area contributed by atoms with E-state index < -0.39 is 29.7 Å². The molecule has 3 atom stereocenters. The average Bonchev–Trinajstić information content (AvgIpc) is 2.56. The fourth-order valence-electron chi connectivity index (χ4n) is 2.49. The zero-order chi connectivity index (χ0) is 19.3. The van der Waals surface area contributed by atoms with Crippen molar-refractivity contribution in [3.8, 4) is 11.8 Å².